The highest BCUT2D eigenvalue weighted by Gasteiger charge is 2.24. The number of benzene rings is 1. The van der Waals surface area contributed by atoms with Gasteiger partial charge in [0.25, 0.3) is 5.91 Å². The fourth-order valence-corrected chi connectivity index (χ4v) is 4.04. The lowest BCUT2D eigenvalue weighted by Gasteiger charge is -2.10. The van der Waals surface area contributed by atoms with Gasteiger partial charge in [0.05, 0.1) is 24.4 Å². The van der Waals surface area contributed by atoms with E-state index in [0.717, 1.165) is 29.5 Å². The van der Waals surface area contributed by atoms with Crippen molar-refractivity contribution in [3.63, 3.8) is 0 Å². The van der Waals surface area contributed by atoms with E-state index in [9.17, 15) is 13.6 Å². The fourth-order valence-electron chi connectivity index (χ4n) is 3.54. The molecule has 1 saturated carbocycles. The molecule has 1 unspecified atom stereocenters. The molecule has 32 heavy (non-hydrogen) atoms. The van der Waals surface area contributed by atoms with Crippen LogP contribution in [0.5, 0.6) is 5.75 Å². The molecule has 3 aromatic heterocycles. The molecule has 164 valence electrons. The molecule has 1 amide bonds. The van der Waals surface area contributed by atoms with Gasteiger partial charge in [-0.2, -0.15) is 5.10 Å². The van der Waals surface area contributed by atoms with E-state index in [4.69, 9.17) is 4.74 Å². The van der Waals surface area contributed by atoms with Crippen molar-refractivity contribution in [2.45, 2.75) is 30.7 Å². The zero-order valence-corrected chi connectivity index (χ0v) is 18.3. The average molecular weight is 451 g/mol. The molecule has 0 saturated heterocycles. The molecule has 0 bridgehead atoms. The zero-order valence-electron chi connectivity index (χ0n) is 17.4. The first-order valence-corrected chi connectivity index (χ1v) is 11.1. The summed E-state index contributed by atoms with van der Waals surface area (Å²) in [6.07, 6.45) is 8.76. The van der Waals surface area contributed by atoms with Crippen molar-refractivity contribution in [3.05, 3.63) is 60.2 Å². The second-order valence-corrected chi connectivity index (χ2v) is 8.67. The van der Waals surface area contributed by atoms with Gasteiger partial charge in [0.2, 0.25) is 0 Å². The molecular weight excluding hydrogens is 430 g/mol. The number of carbonyl (C=O) groups excluding carboxylic acids is 1. The number of hydrogen-bond donors (Lipinski definition) is 1. The number of ether oxygens (including phenoxy) is 1. The predicted molar refractivity (Wildman–Crippen MR) is 117 cm³/mol. The van der Waals surface area contributed by atoms with Gasteiger partial charge < -0.3 is 19.0 Å². The molecular formula is C22H20N5O4S-. The third-order valence-corrected chi connectivity index (χ3v) is 6.11. The highest BCUT2D eigenvalue weighted by Crippen LogP contribution is 2.27. The molecule has 0 radical (unpaired) electrons. The summed E-state index contributed by atoms with van der Waals surface area (Å²) in [5.74, 6) is 0.676. The quantitative estimate of drug-likeness (QED) is 0.452. The SMILES string of the molecule is COc1cc2nc(-n3cc(-c4cc(C(=O)NC5CC5)ccc4C)cn3)cn2cc1S(=O)[O-]. The van der Waals surface area contributed by atoms with Crippen LogP contribution in [0, 0.1) is 6.92 Å². The average Bonchev–Trinajstić information content (AvgIpc) is 3.29. The third kappa shape index (κ3) is 3.78. The summed E-state index contributed by atoms with van der Waals surface area (Å²) in [4.78, 5) is 17.0. The first kappa shape index (κ1) is 20.4. The molecule has 10 heteroatoms. The van der Waals surface area contributed by atoms with E-state index in [1.807, 2.05) is 31.3 Å². The number of aryl methyl sites for hydroxylation is 1. The first-order chi connectivity index (χ1) is 15.4. The Kier molecular flexibility index (Phi) is 5.03. The summed E-state index contributed by atoms with van der Waals surface area (Å²) in [5.41, 5.74) is 3.92. The van der Waals surface area contributed by atoms with Gasteiger partial charge in [0, 0.05) is 35.6 Å². The number of rotatable bonds is 6. The topological polar surface area (TPSA) is 114 Å². The number of amides is 1. The molecule has 1 aliphatic rings. The van der Waals surface area contributed by atoms with Gasteiger partial charge in [-0.05, 0) is 54.1 Å². The van der Waals surface area contributed by atoms with Crippen molar-refractivity contribution in [1.29, 1.82) is 0 Å². The van der Waals surface area contributed by atoms with Crippen LogP contribution in [0.15, 0.2) is 53.9 Å². The normalized spacial score (nSPS) is 14.5. The van der Waals surface area contributed by atoms with Gasteiger partial charge in [0.1, 0.15) is 11.4 Å². The number of imidazole rings is 1. The van der Waals surface area contributed by atoms with Crippen LogP contribution < -0.4 is 10.1 Å². The van der Waals surface area contributed by atoms with Gasteiger partial charge in [-0.3, -0.25) is 9.00 Å². The van der Waals surface area contributed by atoms with Crippen molar-refractivity contribution in [1.82, 2.24) is 24.5 Å². The number of aromatic nitrogens is 4. The summed E-state index contributed by atoms with van der Waals surface area (Å²) in [6.45, 7) is 1.98. The van der Waals surface area contributed by atoms with Crippen LogP contribution in [0.25, 0.3) is 22.6 Å². The summed E-state index contributed by atoms with van der Waals surface area (Å²) in [5, 5.41) is 7.43. The van der Waals surface area contributed by atoms with Crippen LogP contribution in [0.1, 0.15) is 28.8 Å². The minimum Gasteiger partial charge on any atom is -0.768 e. The molecule has 1 fully saturated rings. The van der Waals surface area contributed by atoms with Crippen LogP contribution in [0.3, 0.4) is 0 Å². The van der Waals surface area contributed by atoms with Crippen LogP contribution >= 0.6 is 0 Å². The van der Waals surface area contributed by atoms with Crippen molar-refractivity contribution in [2.24, 2.45) is 0 Å². The highest BCUT2D eigenvalue weighted by atomic mass is 32.2. The largest absolute Gasteiger partial charge is 0.768 e. The number of fused-ring (bicyclic) bond motifs is 1. The molecule has 4 aromatic rings. The van der Waals surface area contributed by atoms with Crippen molar-refractivity contribution < 1.29 is 18.3 Å². The first-order valence-electron chi connectivity index (χ1n) is 10.1. The van der Waals surface area contributed by atoms with Crippen LogP contribution in [0.4, 0.5) is 0 Å². The summed E-state index contributed by atoms with van der Waals surface area (Å²) in [6, 6.07) is 7.48. The Morgan fingerprint density at radius 3 is 2.78 bits per heavy atom. The second-order valence-electron chi connectivity index (χ2n) is 7.76. The molecule has 0 spiro atoms. The van der Waals surface area contributed by atoms with E-state index in [1.54, 1.807) is 27.5 Å². The Balaban J connectivity index is 1.49. The molecule has 1 N–H and O–H groups in total. The number of methoxy groups -OCH3 is 1. The van der Waals surface area contributed by atoms with Crippen molar-refractivity contribution in [2.75, 3.05) is 7.11 Å². The lowest BCUT2D eigenvalue weighted by Crippen LogP contribution is -2.25. The predicted octanol–water partition coefficient (Wildman–Crippen LogP) is 2.63. The Morgan fingerprint density at radius 2 is 2.06 bits per heavy atom. The summed E-state index contributed by atoms with van der Waals surface area (Å²) >= 11 is -2.44. The van der Waals surface area contributed by atoms with Gasteiger partial charge in [-0.1, -0.05) is 6.07 Å². The van der Waals surface area contributed by atoms with Gasteiger partial charge in [0.15, 0.2) is 5.82 Å². The standard InChI is InChI=1S/C22H21N5O4S/c1-13-3-4-14(22(28)24-16-5-6-16)7-17(13)15-9-23-27(10-15)21-12-26-11-19(32(29)30)18(31-2)8-20(26)25-21/h3-4,7-12,16H,5-6H2,1-2H3,(H,24,28)(H,29,30)/p-1. The lowest BCUT2D eigenvalue weighted by atomic mass is 10.0. The third-order valence-electron chi connectivity index (χ3n) is 5.45. The van der Waals surface area contributed by atoms with Crippen LogP contribution in [-0.2, 0) is 11.1 Å². The number of nitrogens with one attached hydrogen (secondary N) is 1. The van der Waals surface area contributed by atoms with Crippen LogP contribution in [0.2, 0.25) is 0 Å². The Labute approximate surface area is 186 Å². The highest BCUT2D eigenvalue weighted by molar-refractivity contribution is 7.79. The maximum absolute atomic E-state index is 12.4. The maximum Gasteiger partial charge on any atom is 0.251 e. The fraction of sp³-hybridized carbons (Fsp3) is 0.227. The van der Waals surface area contributed by atoms with E-state index in [2.05, 4.69) is 15.4 Å². The Morgan fingerprint density at radius 1 is 1.25 bits per heavy atom. The van der Waals surface area contributed by atoms with E-state index < -0.39 is 11.1 Å². The minimum atomic E-state index is -2.44. The Bertz CT molecular complexity index is 1370. The lowest BCUT2D eigenvalue weighted by molar-refractivity contribution is 0.0951. The van der Waals surface area contributed by atoms with E-state index in [-0.39, 0.29) is 16.6 Å². The van der Waals surface area contributed by atoms with Gasteiger partial charge in [-0.25, -0.2) is 9.67 Å². The number of pyridine rings is 1. The van der Waals surface area contributed by atoms with E-state index in [0.29, 0.717) is 23.1 Å². The minimum absolute atomic E-state index is 0.0435. The molecule has 3 heterocycles. The molecule has 1 aromatic carbocycles. The second kappa shape index (κ2) is 7.88. The molecule has 1 atom stereocenters. The Hall–Kier alpha value is -3.50. The number of hydrogen-bond acceptors (Lipinski definition) is 6. The zero-order chi connectivity index (χ0) is 22.4. The molecule has 5 rings (SSSR count). The molecule has 0 aliphatic heterocycles. The van der Waals surface area contributed by atoms with Crippen LogP contribution in [-0.4, -0.2) is 47.0 Å². The number of carbonyl (C=O) groups is 1. The van der Waals surface area contributed by atoms with Gasteiger partial charge in [-0.15, -0.1) is 0 Å². The number of nitrogens with zero attached hydrogens (tertiary/aromatic N) is 4. The van der Waals surface area contributed by atoms with Crippen molar-refractivity contribution in [3.8, 4) is 22.7 Å². The smallest absolute Gasteiger partial charge is 0.251 e. The van der Waals surface area contributed by atoms with E-state index in [1.165, 1.54) is 13.3 Å². The summed E-state index contributed by atoms with van der Waals surface area (Å²) < 4.78 is 31.3. The van der Waals surface area contributed by atoms with E-state index >= 15 is 0 Å². The van der Waals surface area contributed by atoms with Gasteiger partial charge >= 0.3 is 0 Å². The summed E-state index contributed by atoms with van der Waals surface area (Å²) in [7, 11) is 1.41. The van der Waals surface area contributed by atoms with Crippen molar-refractivity contribution >= 4 is 22.6 Å². The maximum atomic E-state index is 12.4. The molecule has 1 aliphatic carbocycles. The monoisotopic (exact) mass is 450 g/mol. The molecule has 9 nitrogen and oxygen atoms in total.